The predicted octanol–water partition coefficient (Wildman–Crippen LogP) is 3.88. The molecule has 3 aromatic carbocycles. The van der Waals surface area contributed by atoms with Gasteiger partial charge < -0.3 is 21.1 Å². The molecule has 30 heavy (non-hydrogen) atoms. The van der Waals surface area contributed by atoms with Gasteiger partial charge in [-0.3, -0.25) is 9.59 Å². The summed E-state index contributed by atoms with van der Waals surface area (Å²) in [6.07, 6.45) is 0. The topological polar surface area (TPSA) is 95.7 Å². The van der Waals surface area contributed by atoms with Crippen LogP contribution in [0, 0.1) is 0 Å². The maximum absolute atomic E-state index is 11.6. The monoisotopic (exact) mass is 401 g/mol. The standard InChI is InChI=1S/C17H16N2O2.C7H7NO/c1-10-13-8-14(16(20)9-15(13)18-17(10)21)11-4-6-12(7-5-11)19(2)3;8-7(9)6-4-2-1-3-5-6/h4-9,20H,1H2,2-3H3,(H,18,21);1-5H,(H2,8,9). The molecule has 6 nitrogen and oxygen atoms in total. The van der Waals surface area contributed by atoms with Crippen molar-refractivity contribution in [2.45, 2.75) is 0 Å². The number of nitrogens with zero attached hydrogens (tertiary/aromatic N) is 1. The Bertz CT molecular complexity index is 1100. The summed E-state index contributed by atoms with van der Waals surface area (Å²) in [7, 11) is 3.95. The fraction of sp³-hybridized carbons (Fsp3) is 0.0833. The Morgan fingerprint density at radius 2 is 1.63 bits per heavy atom. The fourth-order valence-electron chi connectivity index (χ4n) is 3.03. The number of nitrogens with one attached hydrogen (secondary N) is 1. The fourth-order valence-corrected chi connectivity index (χ4v) is 3.03. The van der Waals surface area contributed by atoms with Crippen molar-refractivity contribution < 1.29 is 14.7 Å². The molecule has 4 rings (SSSR count). The van der Waals surface area contributed by atoms with Gasteiger partial charge in [0, 0.05) is 48.1 Å². The number of aromatic hydroxyl groups is 1. The van der Waals surface area contributed by atoms with Crippen LogP contribution in [0.1, 0.15) is 15.9 Å². The quantitative estimate of drug-likeness (QED) is 0.581. The van der Waals surface area contributed by atoms with E-state index >= 15 is 0 Å². The number of anilines is 2. The lowest BCUT2D eigenvalue weighted by Gasteiger charge is -2.13. The van der Waals surface area contributed by atoms with Gasteiger partial charge in [0.05, 0.1) is 5.69 Å². The number of carbonyl (C=O) groups excluding carboxylic acids is 2. The Hall–Kier alpha value is -4.06. The van der Waals surface area contributed by atoms with E-state index in [1.54, 1.807) is 36.4 Å². The molecule has 0 radical (unpaired) electrons. The van der Waals surface area contributed by atoms with Gasteiger partial charge in [0.1, 0.15) is 5.75 Å². The third-order valence-corrected chi connectivity index (χ3v) is 4.74. The minimum absolute atomic E-state index is 0.140. The second-order valence-corrected chi connectivity index (χ2v) is 7.02. The minimum Gasteiger partial charge on any atom is -0.507 e. The molecule has 0 unspecified atom stereocenters. The molecule has 0 saturated heterocycles. The van der Waals surface area contributed by atoms with Gasteiger partial charge in [0.15, 0.2) is 0 Å². The number of rotatable bonds is 3. The number of phenolic OH excluding ortho intramolecular Hbond substituents is 1. The number of benzene rings is 3. The molecule has 1 heterocycles. The second-order valence-electron chi connectivity index (χ2n) is 7.02. The zero-order valence-corrected chi connectivity index (χ0v) is 16.8. The Balaban J connectivity index is 0.000000239. The highest BCUT2D eigenvalue weighted by atomic mass is 16.3. The minimum atomic E-state index is -0.379. The third kappa shape index (κ3) is 4.33. The van der Waals surface area contributed by atoms with E-state index in [9.17, 15) is 14.7 Å². The van der Waals surface area contributed by atoms with Crippen LogP contribution >= 0.6 is 0 Å². The molecule has 2 amide bonds. The molecule has 0 saturated carbocycles. The van der Waals surface area contributed by atoms with Crippen molar-refractivity contribution in [2.24, 2.45) is 5.73 Å². The molecule has 0 fully saturated rings. The largest absolute Gasteiger partial charge is 0.507 e. The molecule has 1 aliphatic rings. The summed E-state index contributed by atoms with van der Waals surface area (Å²) in [6, 6.07) is 20.0. The molecular weight excluding hydrogens is 378 g/mol. The van der Waals surface area contributed by atoms with Gasteiger partial charge in [-0.1, -0.05) is 36.9 Å². The van der Waals surface area contributed by atoms with Crippen molar-refractivity contribution in [3.63, 3.8) is 0 Å². The summed E-state index contributed by atoms with van der Waals surface area (Å²) in [4.78, 5) is 24.0. The Morgan fingerprint density at radius 3 is 2.17 bits per heavy atom. The van der Waals surface area contributed by atoms with Crippen LogP contribution in [0.3, 0.4) is 0 Å². The second kappa shape index (κ2) is 8.53. The molecule has 0 bridgehead atoms. The maximum Gasteiger partial charge on any atom is 0.255 e. The molecular formula is C24H23N3O3. The van der Waals surface area contributed by atoms with E-state index in [0.29, 0.717) is 22.4 Å². The van der Waals surface area contributed by atoms with Gasteiger partial charge in [-0.15, -0.1) is 0 Å². The van der Waals surface area contributed by atoms with Gasteiger partial charge in [0.25, 0.3) is 5.91 Å². The van der Waals surface area contributed by atoms with E-state index in [1.165, 1.54) is 0 Å². The van der Waals surface area contributed by atoms with E-state index in [-0.39, 0.29) is 17.6 Å². The van der Waals surface area contributed by atoms with Gasteiger partial charge in [-0.05, 0) is 35.9 Å². The first-order valence-corrected chi connectivity index (χ1v) is 9.28. The first kappa shape index (κ1) is 20.7. The van der Waals surface area contributed by atoms with Crippen LogP contribution in [0.2, 0.25) is 0 Å². The van der Waals surface area contributed by atoms with Gasteiger partial charge >= 0.3 is 0 Å². The normalized spacial score (nSPS) is 11.8. The number of amides is 2. The maximum atomic E-state index is 11.6. The predicted molar refractivity (Wildman–Crippen MR) is 120 cm³/mol. The van der Waals surface area contributed by atoms with Crippen LogP contribution < -0.4 is 16.0 Å². The summed E-state index contributed by atoms with van der Waals surface area (Å²) in [5.74, 6) is -0.457. The molecule has 0 aliphatic carbocycles. The van der Waals surface area contributed by atoms with Crippen LogP contribution in [-0.2, 0) is 4.79 Å². The first-order chi connectivity index (χ1) is 14.3. The zero-order chi connectivity index (χ0) is 21.8. The third-order valence-electron chi connectivity index (χ3n) is 4.74. The SMILES string of the molecule is C=C1C(=O)Nc2cc(O)c(-c3ccc(N(C)C)cc3)cc21.NC(=O)c1ccccc1. The number of nitrogens with two attached hydrogens (primary N) is 1. The van der Waals surface area contributed by atoms with E-state index in [4.69, 9.17) is 5.73 Å². The highest BCUT2D eigenvalue weighted by Crippen LogP contribution is 2.40. The highest BCUT2D eigenvalue weighted by Gasteiger charge is 2.24. The number of fused-ring (bicyclic) bond motifs is 1. The molecule has 0 spiro atoms. The number of carbonyl (C=O) groups is 2. The average Bonchev–Trinajstić information content (AvgIpc) is 3.01. The smallest absolute Gasteiger partial charge is 0.255 e. The summed E-state index contributed by atoms with van der Waals surface area (Å²) in [5.41, 5.74) is 9.97. The summed E-state index contributed by atoms with van der Waals surface area (Å²) in [5, 5.41) is 12.9. The van der Waals surface area contributed by atoms with Crippen molar-refractivity contribution in [2.75, 3.05) is 24.3 Å². The molecule has 152 valence electrons. The van der Waals surface area contributed by atoms with Crippen LogP contribution in [0.15, 0.2) is 73.3 Å². The number of hydrogen-bond donors (Lipinski definition) is 3. The van der Waals surface area contributed by atoms with E-state index in [1.807, 2.05) is 49.3 Å². The Morgan fingerprint density at radius 1 is 1.00 bits per heavy atom. The zero-order valence-electron chi connectivity index (χ0n) is 16.8. The van der Waals surface area contributed by atoms with E-state index in [0.717, 1.165) is 16.8 Å². The molecule has 4 N–H and O–H groups in total. The summed E-state index contributed by atoms with van der Waals surface area (Å²) < 4.78 is 0. The lowest BCUT2D eigenvalue weighted by Crippen LogP contribution is -2.09. The van der Waals surface area contributed by atoms with Gasteiger partial charge in [-0.25, -0.2) is 0 Å². The van der Waals surface area contributed by atoms with Crippen molar-refractivity contribution >= 4 is 28.8 Å². The van der Waals surface area contributed by atoms with Crippen molar-refractivity contribution in [1.82, 2.24) is 0 Å². The van der Waals surface area contributed by atoms with Crippen molar-refractivity contribution in [3.8, 4) is 16.9 Å². The van der Waals surface area contributed by atoms with Crippen molar-refractivity contribution in [1.29, 1.82) is 0 Å². The number of primary amides is 1. The lowest BCUT2D eigenvalue weighted by atomic mass is 9.99. The molecule has 0 atom stereocenters. The first-order valence-electron chi connectivity index (χ1n) is 9.28. The average molecular weight is 401 g/mol. The van der Waals surface area contributed by atoms with Crippen LogP contribution in [0.25, 0.3) is 16.7 Å². The molecule has 1 aliphatic heterocycles. The summed E-state index contributed by atoms with van der Waals surface area (Å²) >= 11 is 0. The Labute approximate surface area is 175 Å². The van der Waals surface area contributed by atoms with E-state index < -0.39 is 0 Å². The van der Waals surface area contributed by atoms with Crippen molar-refractivity contribution in [3.05, 3.63) is 84.4 Å². The Kier molecular flexibility index (Phi) is 5.88. The molecule has 6 heteroatoms. The molecule has 0 aromatic heterocycles. The highest BCUT2D eigenvalue weighted by molar-refractivity contribution is 6.31. The lowest BCUT2D eigenvalue weighted by molar-refractivity contribution is -0.110. The van der Waals surface area contributed by atoms with Crippen LogP contribution in [0.5, 0.6) is 5.75 Å². The van der Waals surface area contributed by atoms with E-state index in [2.05, 4.69) is 11.9 Å². The summed E-state index contributed by atoms with van der Waals surface area (Å²) in [6.45, 7) is 3.78. The van der Waals surface area contributed by atoms with Crippen LogP contribution in [-0.4, -0.2) is 31.0 Å². The van der Waals surface area contributed by atoms with Crippen LogP contribution in [0.4, 0.5) is 11.4 Å². The molecule has 3 aromatic rings. The van der Waals surface area contributed by atoms with Gasteiger partial charge in [0.2, 0.25) is 5.91 Å². The number of phenols is 1. The van der Waals surface area contributed by atoms with Gasteiger partial charge in [-0.2, -0.15) is 0 Å². The number of hydrogen-bond acceptors (Lipinski definition) is 4.